The van der Waals surface area contributed by atoms with Gasteiger partial charge in [0.05, 0.1) is 0 Å². The predicted octanol–water partition coefficient (Wildman–Crippen LogP) is 1.82. The van der Waals surface area contributed by atoms with Crippen LogP contribution in [0.5, 0.6) is 0 Å². The lowest BCUT2D eigenvalue weighted by Gasteiger charge is -2.33. The van der Waals surface area contributed by atoms with Crippen molar-refractivity contribution in [2.45, 2.75) is 38.1 Å². The number of nitrogens with one attached hydrogen (secondary N) is 1. The number of amides is 1. The third-order valence-electron chi connectivity index (χ3n) is 3.81. The van der Waals surface area contributed by atoms with Crippen LogP contribution in [0.1, 0.15) is 32.3 Å². The highest BCUT2D eigenvalue weighted by molar-refractivity contribution is 5.79. The molecule has 1 aromatic rings. The summed E-state index contributed by atoms with van der Waals surface area (Å²) in [5, 5.41) is 3.05. The molecule has 1 fully saturated rings. The fraction of sp³-hybridized carbons (Fsp3) is 0.533. The van der Waals surface area contributed by atoms with E-state index in [9.17, 15) is 4.79 Å². The van der Waals surface area contributed by atoms with Crippen LogP contribution in [0.15, 0.2) is 30.3 Å². The maximum absolute atomic E-state index is 11.9. The van der Waals surface area contributed by atoms with E-state index in [4.69, 9.17) is 5.73 Å². The molecule has 0 bridgehead atoms. The molecule has 1 saturated carbocycles. The van der Waals surface area contributed by atoms with Gasteiger partial charge in [-0.05, 0) is 18.4 Å². The van der Waals surface area contributed by atoms with E-state index in [2.05, 4.69) is 31.3 Å². The summed E-state index contributed by atoms with van der Waals surface area (Å²) < 4.78 is 0. The molecule has 3 heteroatoms. The number of carbonyl (C=O) groups excluding carboxylic acids is 1. The molecule has 1 amide bonds. The molecule has 1 aliphatic rings. The Morgan fingerprint density at radius 2 is 1.94 bits per heavy atom. The van der Waals surface area contributed by atoms with Crippen molar-refractivity contribution in [1.29, 1.82) is 0 Å². The van der Waals surface area contributed by atoms with Crippen LogP contribution in [0, 0.1) is 5.92 Å². The summed E-state index contributed by atoms with van der Waals surface area (Å²) in [6, 6.07) is 10.5. The highest BCUT2D eigenvalue weighted by Gasteiger charge is 2.32. The van der Waals surface area contributed by atoms with Gasteiger partial charge in [0.1, 0.15) is 0 Å². The Bertz CT molecular complexity index is 408. The van der Waals surface area contributed by atoms with Crippen LogP contribution >= 0.6 is 0 Å². The largest absolute Gasteiger partial charge is 0.355 e. The summed E-state index contributed by atoms with van der Waals surface area (Å²) in [5.74, 6) is 0.285. The molecule has 0 saturated heterocycles. The van der Waals surface area contributed by atoms with Gasteiger partial charge in [-0.2, -0.15) is 0 Å². The normalized spacial score (nSPS) is 23.3. The van der Waals surface area contributed by atoms with Gasteiger partial charge in [-0.15, -0.1) is 0 Å². The van der Waals surface area contributed by atoms with E-state index >= 15 is 0 Å². The topological polar surface area (TPSA) is 55.1 Å². The lowest BCUT2D eigenvalue weighted by atomic mass is 9.79. The molecular formula is C15H22N2O. The van der Waals surface area contributed by atoms with Gasteiger partial charge in [-0.3, -0.25) is 4.79 Å². The second kappa shape index (κ2) is 5.11. The van der Waals surface area contributed by atoms with E-state index in [1.807, 2.05) is 18.2 Å². The van der Waals surface area contributed by atoms with Crippen molar-refractivity contribution >= 4 is 5.91 Å². The maximum atomic E-state index is 11.9. The molecule has 0 aromatic heterocycles. The highest BCUT2D eigenvalue weighted by Crippen LogP contribution is 2.26. The van der Waals surface area contributed by atoms with Gasteiger partial charge in [-0.25, -0.2) is 0 Å². The van der Waals surface area contributed by atoms with E-state index in [1.54, 1.807) is 0 Å². The molecule has 0 aliphatic heterocycles. The fourth-order valence-electron chi connectivity index (χ4n) is 2.32. The lowest BCUT2D eigenvalue weighted by molar-refractivity contribution is -0.128. The minimum Gasteiger partial charge on any atom is -0.355 e. The quantitative estimate of drug-likeness (QED) is 0.851. The summed E-state index contributed by atoms with van der Waals surface area (Å²) in [7, 11) is 0. The van der Waals surface area contributed by atoms with Crippen LogP contribution in [0.2, 0.25) is 0 Å². The van der Waals surface area contributed by atoms with Crippen molar-refractivity contribution in [3.05, 3.63) is 35.9 Å². The SMILES string of the molecule is CC(C)(CNC(=O)C1CC(N)C1)c1ccccc1. The molecule has 1 aromatic carbocycles. The van der Waals surface area contributed by atoms with Crippen molar-refractivity contribution in [3.8, 4) is 0 Å². The standard InChI is InChI=1S/C15H22N2O/c1-15(2,12-6-4-3-5-7-12)10-17-14(18)11-8-13(16)9-11/h3-7,11,13H,8-10,16H2,1-2H3,(H,17,18). The number of nitrogens with two attached hydrogens (primary N) is 1. The summed E-state index contributed by atoms with van der Waals surface area (Å²) in [5.41, 5.74) is 6.91. The smallest absolute Gasteiger partial charge is 0.223 e. The van der Waals surface area contributed by atoms with Crippen LogP contribution in [0.4, 0.5) is 0 Å². The average molecular weight is 246 g/mol. The Balaban J connectivity index is 1.87. The van der Waals surface area contributed by atoms with Gasteiger partial charge in [0, 0.05) is 23.9 Å². The molecule has 0 atom stereocenters. The van der Waals surface area contributed by atoms with Gasteiger partial charge >= 0.3 is 0 Å². The molecule has 0 unspecified atom stereocenters. The minimum atomic E-state index is -0.0389. The molecular weight excluding hydrogens is 224 g/mol. The fourth-order valence-corrected chi connectivity index (χ4v) is 2.32. The van der Waals surface area contributed by atoms with Crippen LogP contribution in [0.25, 0.3) is 0 Å². The second-order valence-electron chi connectivity index (χ2n) is 5.90. The maximum Gasteiger partial charge on any atom is 0.223 e. The van der Waals surface area contributed by atoms with Crippen molar-refractivity contribution < 1.29 is 4.79 Å². The lowest BCUT2D eigenvalue weighted by Crippen LogP contribution is -2.47. The molecule has 0 heterocycles. The Morgan fingerprint density at radius 3 is 2.50 bits per heavy atom. The number of hydrogen-bond acceptors (Lipinski definition) is 2. The van der Waals surface area contributed by atoms with Crippen LogP contribution in [-0.2, 0) is 10.2 Å². The van der Waals surface area contributed by atoms with Crippen molar-refractivity contribution in [2.75, 3.05) is 6.54 Å². The summed E-state index contributed by atoms with van der Waals surface area (Å²) >= 11 is 0. The summed E-state index contributed by atoms with van der Waals surface area (Å²) in [4.78, 5) is 11.9. The number of hydrogen-bond donors (Lipinski definition) is 2. The molecule has 98 valence electrons. The first kappa shape index (κ1) is 13.1. The summed E-state index contributed by atoms with van der Waals surface area (Å²) in [6.07, 6.45) is 1.66. The number of rotatable bonds is 4. The average Bonchev–Trinajstić information content (AvgIpc) is 2.33. The second-order valence-corrected chi connectivity index (χ2v) is 5.90. The first-order valence-electron chi connectivity index (χ1n) is 6.58. The molecule has 0 spiro atoms. The van der Waals surface area contributed by atoms with Gasteiger partial charge < -0.3 is 11.1 Å². The zero-order valence-corrected chi connectivity index (χ0v) is 11.1. The number of carbonyl (C=O) groups is 1. The monoisotopic (exact) mass is 246 g/mol. The Kier molecular flexibility index (Phi) is 3.71. The molecule has 2 rings (SSSR count). The predicted molar refractivity (Wildman–Crippen MR) is 73.2 cm³/mol. The van der Waals surface area contributed by atoms with Crippen molar-refractivity contribution in [2.24, 2.45) is 11.7 Å². The number of benzene rings is 1. The third-order valence-corrected chi connectivity index (χ3v) is 3.81. The Hall–Kier alpha value is -1.35. The first-order valence-corrected chi connectivity index (χ1v) is 6.58. The third kappa shape index (κ3) is 2.91. The molecule has 18 heavy (non-hydrogen) atoms. The van der Waals surface area contributed by atoms with Crippen molar-refractivity contribution in [3.63, 3.8) is 0 Å². The molecule has 3 N–H and O–H groups in total. The van der Waals surface area contributed by atoms with E-state index in [-0.39, 0.29) is 23.3 Å². The van der Waals surface area contributed by atoms with Crippen LogP contribution in [0.3, 0.4) is 0 Å². The van der Waals surface area contributed by atoms with Crippen LogP contribution < -0.4 is 11.1 Å². The zero-order chi connectivity index (χ0) is 13.2. The van der Waals surface area contributed by atoms with E-state index < -0.39 is 0 Å². The Morgan fingerprint density at radius 1 is 1.33 bits per heavy atom. The van der Waals surface area contributed by atoms with Gasteiger partial charge in [0.2, 0.25) is 5.91 Å². The first-order chi connectivity index (χ1) is 8.49. The molecule has 3 nitrogen and oxygen atoms in total. The zero-order valence-electron chi connectivity index (χ0n) is 11.1. The van der Waals surface area contributed by atoms with E-state index in [1.165, 1.54) is 5.56 Å². The van der Waals surface area contributed by atoms with E-state index in [0.29, 0.717) is 6.54 Å². The van der Waals surface area contributed by atoms with Crippen LogP contribution in [-0.4, -0.2) is 18.5 Å². The van der Waals surface area contributed by atoms with Crippen molar-refractivity contribution in [1.82, 2.24) is 5.32 Å². The summed E-state index contributed by atoms with van der Waals surface area (Å²) in [6.45, 7) is 4.96. The van der Waals surface area contributed by atoms with Gasteiger partial charge in [-0.1, -0.05) is 44.2 Å². The minimum absolute atomic E-state index is 0.0389. The Labute approximate surface area is 109 Å². The molecule has 1 aliphatic carbocycles. The van der Waals surface area contributed by atoms with E-state index in [0.717, 1.165) is 12.8 Å². The molecule has 0 radical (unpaired) electrons. The van der Waals surface area contributed by atoms with Gasteiger partial charge in [0.25, 0.3) is 0 Å². The van der Waals surface area contributed by atoms with Gasteiger partial charge in [0.15, 0.2) is 0 Å². The highest BCUT2D eigenvalue weighted by atomic mass is 16.1.